The lowest BCUT2D eigenvalue weighted by molar-refractivity contribution is -0.312. The summed E-state index contributed by atoms with van der Waals surface area (Å²) in [7, 11) is 0. The summed E-state index contributed by atoms with van der Waals surface area (Å²) in [5.74, 6) is -5.36. The smallest absolute Gasteiger partial charge is 0.364 e. The van der Waals surface area contributed by atoms with Gasteiger partial charge in [-0.1, -0.05) is 23.7 Å². The van der Waals surface area contributed by atoms with Crippen LogP contribution in [0.2, 0.25) is 5.02 Å². The summed E-state index contributed by atoms with van der Waals surface area (Å²) in [5.41, 5.74) is 5.96. The van der Waals surface area contributed by atoms with E-state index in [9.17, 15) is 39.6 Å². The average molecular weight is 707 g/mol. The molecule has 1 aromatic carbocycles. The van der Waals surface area contributed by atoms with Gasteiger partial charge in [-0.25, -0.2) is 4.79 Å². The molecule has 18 heteroatoms. The normalized spacial score (nSPS) is 22.0. The van der Waals surface area contributed by atoms with Crippen LogP contribution >= 0.6 is 11.6 Å². The third kappa shape index (κ3) is 14.7. The number of aliphatic hydroxyl groups is 3. The predicted molar refractivity (Wildman–Crippen MR) is 169 cm³/mol. The maximum absolute atomic E-state index is 12.4. The van der Waals surface area contributed by atoms with Crippen LogP contribution in [0.15, 0.2) is 24.3 Å². The van der Waals surface area contributed by atoms with Gasteiger partial charge in [0, 0.05) is 44.4 Å². The zero-order chi connectivity index (χ0) is 35.5. The summed E-state index contributed by atoms with van der Waals surface area (Å²) < 4.78 is 27.1. The van der Waals surface area contributed by atoms with Crippen molar-refractivity contribution in [2.24, 2.45) is 5.73 Å². The lowest BCUT2D eigenvalue weighted by atomic mass is 9.88. The minimum absolute atomic E-state index is 0.0397. The maximum Gasteiger partial charge on any atom is 0.364 e. The van der Waals surface area contributed by atoms with Gasteiger partial charge in [0.15, 0.2) is 0 Å². The minimum Gasteiger partial charge on any atom is -0.477 e. The Morgan fingerprint density at radius 2 is 1.62 bits per heavy atom. The number of carbonyl (C=O) groups is 4. The van der Waals surface area contributed by atoms with Crippen LogP contribution in [0, 0.1) is 0 Å². The van der Waals surface area contributed by atoms with Crippen LogP contribution in [0.1, 0.15) is 25.3 Å². The fourth-order valence-corrected chi connectivity index (χ4v) is 4.77. The van der Waals surface area contributed by atoms with Gasteiger partial charge in [0.25, 0.3) is 5.79 Å². The Hall–Kier alpha value is -2.97. The van der Waals surface area contributed by atoms with Gasteiger partial charge in [-0.05, 0) is 17.7 Å². The van der Waals surface area contributed by atoms with Crippen molar-refractivity contribution in [2.45, 2.75) is 62.4 Å². The van der Waals surface area contributed by atoms with E-state index in [0.717, 1.165) is 6.92 Å². The monoisotopic (exact) mass is 706 g/mol. The van der Waals surface area contributed by atoms with E-state index in [1.165, 1.54) is 0 Å². The number of carboxylic acids is 1. The van der Waals surface area contributed by atoms with Crippen LogP contribution in [-0.2, 0) is 49.3 Å². The highest BCUT2D eigenvalue weighted by atomic mass is 35.5. The zero-order valence-corrected chi connectivity index (χ0v) is 27.6. The number of carbonyl (C=O) groups excluding carboxylic acids is 3. The minimum atomic E-state index is -2.47. The molecule has 0 spiro atoms. The van der Waals surface area contributed by atoms with Gasteiger partial charge >= 0.3 is 5.97 Å². The van der Waals surface area contributed by atoms with Crippen LogP contribution in [0.5, 0.6) is 0 Å². The van der Waals surface area contributed by atoms with Gasteiger partial charge in [-0.15, -0.1) is 0 Å². The average Bonchev–Trinajstić information content (AvgIpc) is 3.04. The zero-order valence-electron chi connectivity index (χ0n) is 26.8. The highest BCUT2D eigenvalue weighted by molar-refractivity contribution is 6.30. The number of nitrogens with two attached hydrogens (primary N) is 1. The summed E-state index contributed by atoms with van der Waals surface area (Å²) in [6.07, 6.45) is -7.26. The number of aliphatic carboxylic acids is 1. The third-order valence-electron chi connectivity index (χ3n) is 7.02. The predicted octanol–water partition coefficient (Wildman–Crippen LogP) is -2.31. The van der Waals surface area contributed by atoms with E-state index in [1.54, 1.807) is 24.3 Å². The second-order valence-corrected chi connectivity index (χ2v) is 11.3. The molecular formula is C30H47ClN4O13. The molecule has 1 fully saturated rings. The van der Waals surface area contributed by atoms with Gasteiger partial charge in [-0.3, -0.25) is 14.4 Å². The molecule has 3 amide bonds. The number of rotatable bonds is 23. The lowest BCUT2D eigenvalue weighted by Gasteiger charge is -2.46. The quantitative estimate of drug-likeness (QED) is 0.0557. The molecule has 1 aliphatic rings. The molecule has 272 valence electrons. The Morgan fingerprint density at radius 3 is 2.27 bits per heavy atom. The SMILES string of the molecule is CC(=O)N[C@H]1[C@H]([C@H](O)[C@H](O)CNC(=O)Cc2ccc(Cl)cc2)O[C@@](OCCOCCOCCNC(=O)CCOCCN)(C(=O)O)C[C@@H]1O. The van der Waals surface area contributed by atoms with Crippen LogP contribution in [-0.4, -0.2) is 146 Å². The maximum atomic E-state index is 12.4. The van der Waals surface area contributed by atoms with E-state index in [1.807, 2.05) is 0 Å². The third-order valence-corrected chi connectivity index (χ3v) is 7.28. The summed E-state index contributed by atoms with van der Waals surface area (Å²) >= 11 is 5.86. The second-order valence-electron chi connectivity index (χ2n) is 10.9. The van der Waals surface area contributed by atoms with Crippen LogP contribution in [0.3, 0.4) is 0 Å². The molecule has 2 rings (SSSR count). The highest BCUT2D eigenvalue weighted by Crippen LogP contribution is 2.33. The first-order chi connectivity index (χ1) is 22.9. The molecular weight excluding hydrogens is 660 g/mol. The molecule has 6 atom stereocenters. The number of halogens is 1. The summed E-state index contributed by atoms with van der Waals surface area (Å²) in [4.78, 5) is 48.2. The molecule has 0 unspecified atom stereocenters. The van der Waals surface area contributed by atoms with Crippen LogP contribution in [0.4, 0.5) is 0 Å². The molecule has 0 saturated carbocycles. The standard InChI is InChI=1S/C30H47ClN4O13/c1-19(36)35-26-22(37)17-30(29(42)43,47-15-14-46-13-12-45-11-8-33-24(39)6-9-44-10-7-32)48-28(26)27(41)23(38)18-34-25(40)16-20-2-4-21(31)5-3-20/h2-5,22-23,26-28,37-38,41H,6-18,32H2,1H3,(H,33,39)(H,34,40)(H,35,36)(H,42,43)/t22-,23+,26+,27+,28+,30+/m0/s1. The Bertz CT molecular complexity index is 1150. The first kappa shape index (κ1) is 41.2. The van der Waals surface area contributed by atoms with E-state index in [-0.39, 0.29) is 64.9 Å². The summed E-state index contributed by atoms with van der Waals surface area (Å²) in [5, 5.41) is 50.6. The van der Waals surface area contributed by atoms with Gasteiger partial charge in [0.05, 0.1) is 70.9 Å². The molecule has 9 N–H and O–H groups in total. The molecule has 1 aromatic rings. The molecule has 48 heavy (non-hydrogen) atoms. The molecule has 1 aliphatic heterocycles. The van der Waals surface area contributed by atoms with E-state index in [4.69, 9.17) is 41.0 Å². The Morgan fingerprint density at radius 1 is 0.979 bits per heavy atom. The van der Waals surface area contributed by atoms with Gasteiger partial charge in [0.2, 0.25) is 17.7 Å². The second kappa shape index (κ2) is 21.9. The lowest BCUT2D eigenvalue weighted by Crippen LogP contribution is -2.68. The van der Waals surface area contributed by atoms with Crippen molar-refractivity contribution in [2.75, 3.05) is 65.9 Å². The number of aliphatic hydroxyl groups excluding tert-OH is 3. The van der Waals surface area contributed by atoms with E-state index in [0.29, 0.717) is 23.7 Å². The van der Waals surface area contributed by atoms with E-state index in [2.05, 4.69) is 16.0 Å². The van der Waals surface area contributed by atoms with Crippen molar-refractivity contribution in [1.29, 1.82) is 0 Å². The number of benzene rings is 1. The molecule has 1 saturated heterocycles. The Balaban J connectivity index is 1.85. The topological polar surface area (TPSA) is 257 Å². The molecule has 0 radical (unpaired) electrons. The van der Waals surface area contributed by atoms with E-state index >= 15 is 0 Å². The molecule has 0 bridgehead atoms. The number of carboxylic acid groups (broad SMARTS) is 1. The van der Waals surface area contributed by atoms with Gasteiger partial charge < -0.3 is 65.8 Å². The van der Waals surface area contributed by atoms with Gasteiger partial charge in [-0.2, -0.15) is 0 Å². The van der Waals surface area contributed by atoms with Crippen molar-refractivity contribution in [1.82, 2.24) is 16.0 Å². The molecule has 0 aromatic heterocycles. The summed E-state index contributed by atoms with van der Waals surface area (Å²) in [6.45, 7) is 2.16. The highest BCUT2D eigenvalue weighted by Gasteiger charge is 2.55. The Kier molecular flexibility index (Phi) is 18.8. The van der Waals surface area contributed by atoms with Crippen LogP contribution < -0.4 is 21.7 Å². The number of amides is 3. The van der Waals surface area contributed by atoms with Crippen LogP contribution in [0.25, 0.3) is 0 Å². The summed E-state index contributed by atoms with van der Waals surface area (Å²) in [6, 6.07) is 5.22. The first-order valence-corrected chi connectivity index (χ1v) is 15.8. The van der Waals surface area contributed by atoms with Crippen molar-refractivity contribution < 1.29 is 63.3 Å². The Labute approximate surface area is 283 Å². The largest absolute Gasteiger partial charge is 0.477 e. The number of nitrogens with one attached hydrogen (secondary N) is 3. The molecule has 0 aliphatic carbocycles. The van der Waals surface area contributed by atoms with Crippen molar-refractivity contribution in [3.05, 3.63) is 34.9 Å². The van der Waals surface area contributed by atoms with Crippen molar-refractivity contribution in [3.63, 3.8) is 0 Å². The van der Waals surface area contributed by atoms with E-state index < -0.39 is 67.0 Å². The molecule has 1 heterocycles. The number of ether oxygens (including phenoxy) is 5. The fourth-order valence-electron chi connectivity index (χ4n) is 4.65. The van der Waals surface area contributed by atoms with Gasteiger partial charge in [0.1, 0.15) is 12.2 Å². The molecule has 17 nitrogen and oxygen atoms in total. The number of hydrogen-bond donors (Lipinski definition) is 8. The number of hydrogen-bond acceptors (Lipinski definition) is 13. The van der Waals surface area contributed by atoms with Crippen molar-refractivity contribution in [3.8, 4) is 0 Å². The fraction of sp³-hybridized carbons (Fsp3) is 0.667. The first-order valence-electron chi connectivity index (χ1n) is 15.5. The van der Waals surface area contributed by atoms with Crippen molar-refractivity contribution >= 4 is 35.3 Å².